The van der Waals surface area contributed by atoms with E-state index in [-0.39, 0.29) is 12.1 Å². The fourth-order valence-electron chi connectivity index (χ4n) is 2.61. The molecule has 0 aromatic heterocycles. The topological polar surface area (TPSA) is 60.9 Å². The highest BCUT2D eigenvalue weighted by atomic mass is 16.4. The first-order valence-corrected chi connectivity index (χ1v) is 6.98. The zero-order chi connectivity index (χ0) is 15.6. The Morgan fingerprint density at radius 2 is 2.14 bits per heavy atom. The molecule has 0 fully saturated rings. The van der Waals surface area contributed by atoms with Gasteiger partial charge in [0.15, 0.2) is 0 Å². The molecule has 1 heterocycles. The third-order valence-electron chi connectivity index (χ3n) is 3.66. The summed E-state index contributed by atoms with van der Waals surface area (Å²) >= 11 is 0. The summed E-state index contributed by atoms with van der Waals surface area (Å²) in [6.07, 6.45) is 1.99. The van der Waals surface area contributed by atoms with Gasteiger partial charge in [0.05, 0.1) is 0 Å². The van der Waals surface area contributed by atoms with Gasteiger partial charge < -0.3 is 10.0 Å². The minimum atomic E-state index is -0.984. The number of carboxylic acids is 1. The summed E-state index contributed by atoms with van der Waals surface area (Å²) in [4.78, 5) is 27.3. The van der Waals surface area contributed by atoms with Gasteiger partial charge in [0.2, 0.25) is 0 Å². The lowest BCUT2D eigenvalue weighted by Crippen LogP contribution is -2.51. The van der Waals surface area contributed by atoms with Crippen LogP contribution in [0.1, 0.15) is 19.4 Å². The maximum Gasteiger partial charge on any atom is 0.327 e. The largest absolute Gasteiger partial charge is 0.480 e. The molecular weight excluding hydrogens is 268 g/mol. The molecule has 112 valence electrons. The van der Waals surface area contributed by atoms with Crippen LogP contribution in [0.5, 0.6) is 0 Å². The van der Waals surface area contributed by atoms with Crippen LogP contribution >= 0.6 is 0 Å². The van der Waals surface area contributed by atoms with Crippen LogP contribution in [0.15, 0.2) is 36.9 Å². The minimum absolute atomic E-state index is 0.0299. The number of aliphatic carboxylic acids is 1. The maximum absolute atomic E-state index is 12.8. The fraction of sp³-hybridized carbons (Fsp3) is 0.375. The first-order chi connectivity index (χ1) is 9.97. The third-order valence-corrected chi connectivity index (χ3v) is 3.66. The molecule has 0 saturated carbocycles. The van der Waals surface area contributed by atoms with Crippen LogP contribution in [0.4, 0.5) is 10.5 Å². The predicted molar refractivity (Wildman–Crippen MR) is 81.5 cm³/mol. The third kappa shape index (κ3) is 2.77. The first-order valence-electron chi connectivity index (χ1n) is 6.98. The van der Waals surface area contributed by atoms with Crippen LogP contribution < -0.4 is 4.90 Å². The summed E-state index contributed by atoms with van der Waals surface area (Å²) in [5.74, 6) is -0.984. The molecule has 0 unspecified atom stereocenters. The van der Waals surface area contributed by atoms with Crippen molar-refractivity contribution in [3.05, 3.63) is 42.5 Å². The van der Waals surface area contributed by atoms with Gasteiger partial charge in [0.1, 0.15) is 6.04 Å². The van der Waals surface area contributed by atoms with Crippen LogP contribution in [0, 0.1) is 0 Å². The Morgan fingerprint density at radius 1 is 1.48 bits per heavy atom. The molecule has 0 aliphatic carbocycles. The number of benzene rings is 1. The van der Waals surface area contributed by atoms with Crippen molar-refractivity contribution >= 4 is 17.7 Å². The van der Waals surface area contributed by atoms with Gasteiger partial charge in [-0.05, 0) is 25.5 Å². The summed E-state index contributed by atoms with van der Waals surface area (Å²) in [5.41, 5.74) is 1.57. The second-order valence-corrected chi connectivity index (χ2v) is 5.37. The molecule has 5 nitrogen and oxygen atoms in total. The number of carbonyl (C=O) groups excluding carboxylic acids is 1. The van der Waals surface area contributed by atoms with Gasteiger partial charge in [-0.3, -0.25) is 4.90 Å². The normalized spacial score (nSPS) is 16.7. The van der Waals surface area contributed by atoms with Crippen LogP contribution in [-0.2, 0) is 11.2 Å². The van der Waals surface area contributed by atoms with Crippen molar-refractivity contribution in [2.24, 2.45) is 0 Å². The molecule has 0 bridgehead atoms. The van der Waals surface area contributed by atoms with E-state index in [2.05, 4.69) is 6.58 Å². The van der Waals surface area contributed by atoms with Crippen LogP contribution in [-0.4, -0.2) is 40.6 Å². The molecule has 2 amide bonds. The van der Waals surface area contributed by atoms with Gasteiger partial charge in [-0.15, -0.1) is 6.58 Å². The number of carbonyl (C=O) groups is 2. The highest BCUT2D eigenvalue weighted by Gasteiger charge is 2.40. The quantitative estimate of drug-likeness (QED) is 0.866. The van der Waals surface area contributed by atoms with Gasteiger partial charge in [-0.1, -0.05) is 24.3 Å². The standard InChI is InChI=1S/C16H20N2O3/c1-4-9-17(11(2)3)16(21)18-13-8-6-5-7-12(13)10-14(18)15(19)20/h4-8,11,14H,1,9-10H2,2-3H3,(H,19,20)/t14-/m0/s1. The van der Waals surface area contributed by atoms with Crippen molar-refractivity contribution in [1.29, 1.82) is 0 Å². The van der Waals surface area contributed by atoms with Gasteiger partial charge in [-0.25, -0.2) is 9.59 Å². The average Bonchev–Trinajstić information content (AvgIpc) is 2.83. The van der Waals surface area contributed by atoms with Crippen LogP contribution in [0.2, 0.25) is 0 Å². The second-order valence-electron chi connectivity index (χ2n) is 5.37. The van der Waals surface area contributed by atoms with E-state index in [1.807, 2.05) is 32.0 Å². The van der Waals surface area contributed by atoms with E-state index in [1.54, 1.807) is 17.0 Å². The highest BCUT2D eigenvalue weighted by molar-refractivity contribution is 6.01. The van der Waals surface area contributed by atoms with E-state index < -0.39 is 12.0 Å². The molecule has 1 aliphatic rings. The number of urea groups is 1. The summed E-state index contributed by atoms with van der Waals surface area (Å²) < 4.78 is 0. The zero-order valence-corrected chi connectivity index (χ0v) is 12.3. The van der Waals surface area contributed by atoms with E-state index in [9.17, 15) is 14.7 Å². The average molecular weight is 288 g/mol. The molecule has 1 aromatic carbocycles. The number of fused-ring (bicyclic) bond motifs is 1. The van der Waals surface area contributed by atoms with Crippen LogP contribution in [0.3, 0.4) is 0 Å². The first kappa shape index (κ1) is 15.1. The molecule has 2 rings (SSSR count). The van der Waals surface area contributed by atoms with Gasteiger partial charge in [-0.2, -0.15) is 0 Å². The van der Waals surface area contributed by atoms with E-state index in [0.717, 1.165) is 5.56 Å². The number of hydrogen-bond donors (Lipinski definition) is 1. The van der Waals surface area contributed by atoms with Crippen molar-refractivity contribution in [2.45, 2.75) is 32.4 Å². The lowest BCUT2D eigenvalue weighted by molar-refractivity contribution is -0.138. The molecule has 1 aliphatic heterocycles. The van der Waals surface area contributed by atoms with Crippen molar-refractivity contribution in [2.75, 3.05) is 11.4 Å². The number of amides is 2. The lowest BCUT2D eigenvalue weighted by atomic mass is 10.1. The molecule has 0 saturated heterocycles. The lowest BCUT2D eigenvalue weighted by Gasteiger charge is -2.32. The Labute approximate surface area is 124 Å². The van der Waals surface area contributed by atoms with Crippen molar-refractivity contribution in [3.8, 4) is 0 Å². The van der Waals surface area contributed by atoms with Crippen molar-refractivity contribution < 1.29 is 14.7 Å². The van der Waals surface area contributed by atoms with E-state index in [1.165, 1.54) is 4.90 Å². The Hall–Kier alpha value is -2.30. The van der Waals surface area contributed by atoms with Gasteiger partial charge >= 0.3 is 12.0 Å². The van der Waals surface area contributed by atoms with Gasteiger partial charge in [0, 0.05) is 24.7 Å². The monoisotopic (exact) mass is 288 g/mol. The molecule has 1 aromatic rings. The van der Waals surface area contributed by atoms with Gasteiger partial charge in [0.25, 0.3) is 0 Å². The summed E-state index contributed by atoms with van der Waals surface area (Å²) in [6, 6.07) is 6.17. The molecule has 5 heteroatoms. The molecular formula is C16H20N2O3. The smallest absolute Gasteiger partial charge is 0.327 e. The maximum atomic E-state index is 12.8. The summed E-state index contributed by atoms with van der Waals surface area (Å²) in [5, 5.41) is 9.42. The zero-order valence-electron chi connectivity index (χ0n) is 12.3. The number of anilines is 1. The number of nitrogens with zero attached hydrogens (tertiary/aromatic N) is 2. The van der Waals surface area contributed by atoms with Crippen LogP contribution in [0.25, 0.3) is 0 Å². The van der Waals surface area contributed by atoms with Crippen molar-refractivity contribution in [3.63, 3.8) is 0 Å². The van der Waals surface area contributed by atoms with E-state index >= 15 is 0 Å². The number of hydrogen-bond acceptors (Lipinski definition) is 2. The number of carboxylic acid groups (broad SMARTS) is 1. The molecule has 1 atom stereocenters. The Morgan fingerprint density at radius 3 is 2.71 bits per heavy atom. The number of rotatable bonds is 4. The summed E-state index contributed by atoms with van der Waals surface area (Å²) in [7, 11) is 0. The minimum Gasteiger partial charge on any atom is -0.480 e. The summed E-state index contributed by atoms with van der Waals surface area (Å²) in [6.45, 7) is 7.86. The number of para-hydroxylation sites is 1. The molecule has 0 spiro atoms. The molecule has 21 heavy (non-hydrogen) atoms. The fourth-order valence-corrected chi connectivity index (χ4v) is 2.61. The van der Waals surface area contributed by atoms with Crippen molar-refractivity contribution in [1.82, 2.24) is 4.90 Å². The highest BCUT2D eigenvalue weighted by Crippen LogP contribution is 2.33. The molecule has 1 N–H and O–H groups in total. The second kappa shape index (κ2) is 5.99. The Kier molecular flexibility index (Phi) is 4.31. The SMILES string of the molecule is C=CCN(C(=O)N1c2ccccc2C[C@H]1C(=O)O)C(C)C. The molecule has 0 radical (unpaired) electrons. The van der Waals surface area contributed by atoms with E-state index in [4.69, 9.17) is 0 Å². The predicted octanol–water partition coefficient (Wildman–Crippen LogP) is 2.52. The Balaban J connectivity index is 2.40. The van der Waals surface area contributed by atoms with E-state index in [0.29, 0.717) is 18.7 Å². The Bertz CT molecular complexity index is 568.